The normalized spacial score (nSPS) is 11.2. The number of hydrogen-bond donors (Lipinski definition) is 0. The molecule has 0 aliphatic carbocycles. The number of esters is 1. The summed E-state index contributed by atoms with van der Waals surface area (Å²) < 4.78 is 12.0. The third kappa shape index (κ3) is 3.87. The first-order valence-corrected chi connectivity index (χ1v) is 7.36. The molecule has 2 rings (SSSR count). The molecular weight excluding hydrogens is 282 g/mol. The van der Waals surface area contributed by atoms with Crippen molar-refractivity contribution in [3.8, 4) is 5.75 Å². The summed E-state index contributed by atoms with van der Waals surface area (Å²) in [6, 6.07) is 7.11. The van der Waals surface area contributed by atoms with Gasteiger partial charge in [0.2, 0.25) is 0 Å². The number of benzene rings is 1. The molecule has 5 nitrogen and oxygen atoms in total. The van der Waals surface area contributed by atoms with Gasteiger partial charge < -0.3 is 14.0 Å². The predicted octanol–water partition coefficient (Wildman–Crippen LogP) is 2.74. The molecule has 5 heteroatoms. The molecule has 0 radical (unpaired) electrons. The third-order valence-electron chi connectivity index (χ3n) is 2.99. The lowest BCUT2D eigenvalue weighted by atomic mass is 10.1. The van der Waals surface area contributed by atoms with E-state index < -0.39 is 5.97 Å². The quantitative estimate of drug-likeness (QED) is 0.797. The fraction of sp³-hybridized carbons (Fsp3) is 0.412. The number of fused-ring (bicyclic) bond motifs is 1. The molecule has 22 heavy (non-hydrogen) atoms. The van der Waals surface area contributed by atoms with Crippen LogP contribution in [0.15, 0.2) is 35.3 Å². The van der Waals surface area contributed by atoms with Gasteiger partial charge in [0, 0.05) is 11.6 Å². The maximum Gasteiger partial charge on any atom is 0.326 e. The fourth-order valence-electron chi connectivity index (χ4n) is 2.18. The summed E-state index contributed by atoms with van der Waals surface area (Å²) in [5.41, 5.74) is -0.214. The van der Waals surface area contributed by atoms with Gasteiger partial charge in [-0.3, -0.25) is 9.59 Å². The molecule has 0 atom stereocenters. The molecule has 0 fully saturated rings. The average Bonchev–Trinajstić information content (AvgIpc) is 2.40. The summed E-state index contributed by atoms with van der Waals surface area (Å²) in [6.45, 7) is 7.36. The Morgan fingerprint density at radius 2 is 1.86 bits per heavy atom. The van der Waals surface area contributed by atoms with E-state index >= 15 is 0 Å². The van der Waals surface area contributed by atoms with E-state index in [0.29, 0.717) is 5.39 Å². The highest BCUT2D eigenvalue weighted by Crippen LogP contribution is 2.19. The first-order chi connectivity index (χ1) is 10.4. The molecule has 0 bridgehead atoms. The number of nitrogens with zero attached hydrogens (tertiary/aromatic N) is 1. The van der Waals surface area contributed by atoms with E-state index in [4.69, 9.17) is 9.47 Å². The van der Waals surface area contributed by atoms with Crippen molar-refractivity contribution >= 4 is 16.7 Å². The number of carbonyl (C=O) groups is 1. The van der Waals surface area contributed by atoms with Gasteiger partial charge in [0.1, 0.15) is 12.3 Å². The number of pyridine rings is 1. The predicted molar refractivity (Wildman–Crippen MR) is 85.2 cm³/mol. The maximum absolute atomic E-state index is 12.4. The Balaban J connectivity index is 2.30. The van der Waals surface area contributed by atoms with Gasteiger partial charge in [-0.15, -0.1) is 0 Å². The van der Waals surface area contributed by atoms with Crippen LogP contribution in [0.5, 0.6) is 5.75 Å². The molecule has 0 unspecified atom stereocenters. The number of aromatic nitrogens is 1. The van der Waals surface area contributed by atoms with Crippen LogP contribution >= 0.6 is 0 Å². The van der Waals surface area contributed by atoms with E-state index in [2.05, 4.69) is 0 Å². The smallest absolute Gasteiger partial charge is 0.326 e. The van der Waals surface area contributed by atoms with Gasteiger partial charge in [0.05, 0.1) is 12.2 Å². The van der Waals surface area contributed by atoms with E-state index in [0.717, 1.165) is 11.1 Å². The minimum Gasteiger partial charge on any atom is -0.491 e. The van der Waals surface area contributed by atoms with Crippen molar-refractivity contribution in [3.63, 3.8) is 0 Å². The minimum absolute atomic E-state index is 0.0728. The van der Waals surface area contributed by atoms with Crippen LogP contribution in [0.25, 0.3) is 10.8 Å². The van der Waals surface area contributed by atoms with E-state index in [1.807, 2.05) is 19.9 Å². The summed E-state index contributed by atoms with van der Waals surface area (Å²) in [6.07, 6.45) is 1.48. The zero-order valence-corrected chi connectivity index (χ0v) is 13.3. The Hall–Kier alpha value is -2.30. The van der Waals surface area contributed by atoms with Crippen molar-refractivity contribution in [2.24, 2.45) is 0 Å². The second-order valence-corrected chi connectivity index (χ2v) is 5.70. The average molecular weight is 303 g/mol. The topological polar surface area (TPSA) is 57.5 Å². The monoisotopic (exact) mass is 303 g/mol. The Labute approximate surface area is 129 Å². The summed E-state index contributed by atoms with van der Waals surface area (Å²) in [5, 5.41) is 1.34. The molecule has 0 N–H and O–H groups in total. The van der Waals surface area contributed by atoms with Crippen molar-refractivity contribution in [3.05, 3.63) is 40.8 Å². The lowest BCUT2D eigenvalue weighted by molar-refractivity contribution is -0.148. The molecule has 2 aromatic rings. The van der Waals surface area contributed by atoms with Gasteiger partial charge in [-0.25, -0.2) is 0 Å². The molecule has 0 spiro atoms. The SMILES string of the molecule is CC(C)OC(=O)Cn1ccc2cc(OC(C)C)ccc2c1=O. The highest BCUT2D eigenvalue weighted by molar-refractivity contribution is 5.83. The van der Waals surface area contributed by atoms with E-state index in [1.165, 1.54) is 4.57 Å². The molecule has 0 amide bonds. The van der Waals surface area contributed by atoms with Gasteiger partial charge in [0.25, 0.3) is 5.56 Å². The van der Waals surface area contributed by atoms with Crippen LogP contribution in [-0.4, -0.2) is 22.7 Å². The van der Waals surface area contributed by atoms with Gasteiger partial charge in [-0.2, -0.15) is 0 Å². The van der Waals surface area contributed by atoms with Crippen LogP contribution < -0.4 is 10.3 Å². The summed E-state index contributed by atoms with van der Waals surface area (Å²) in [4.78, 5) is 24.1. The van der Waals surface area contributed by atoms with Crippen molar-refractivity contribution in [2.75, 3.05) is 0 Å². The largest absolute Gasteiger partial charge is 0.491 e. The second-order valence-electron chi connectivity index (χ2n) is 5.70. The highest BCUT2D eigenvalue weighted by Gasteiger charge is 2.10. The van der Waals surface area contributed by atoms with Crippen LogP contribution in [-0.2, 0) is 16.1 Å². The maximum atomic E-state index is 12.4. The van der Waals surface area contributed by atoms with Gasteiger partial charge in [-0.05, 0) is 57.3 Å². The fourth-order valence-corrected chi connectivity index (χ4v) is 2.18. The van der Waals surface area contributed by atoms with Gasteiger partial charge in [-0.1, -0.05) is 0 Å². The second kappa shape index (κ2) is 6.64. The van der Waals surface area contributed by atoms with Crippen LogP contribution in [0.4, 0.5) is 0 Å². The number of hydrogen-bond acceptors (Lipinski definition) is 4. The number of ether oxygens (including phenoxy) is 2. The molecule has 0 saturated heterocycles. The van der Waals surface area contributed by atoms with E-state index in [9.17, 15) is 9.59 Å². The first kappa shape index (κ1) is 16.1. The number of carbonyl (C=O) groups excluding carboxylic acids is 1. The lowest BCUT2D eigenvalue weighted by Gasteiger charge is -2.12. The van der Waals surface area contributed by atoms with E-state index in [1.54, 1.807) is 38.2 Å². The molecule has 118 valence electrons. The Kier molecular flexibility index (Phi) is 4.85. The van der Waals surface area contributed by atoms with Crippen LogP contribution in [0.1, 0.15) is 27.7 Å². The van der Waals surface area contributed by atoms with Crippen molar-refractivity contribution in [1.29, 1.82) is 0 Å². The molecule has 1 aromatic heterocycles. The molecule has 0 saturated carbocycles. The van der Waals surface area contributed by atoms with Gasteiger partial charge in [0.15, 0.2) is 0 Å². The van der Waals surface area contributed by atoms with Gasteiger partial charge >= 0.3 is 5.97 Å². The molecule has 0 aliphatic heterocycles. The Morgan fingerprint density at radius 3 is 2.50 bits per heavy atom. The highest BCUT2D eigenvalue weighted by atomic mass is 16.5. The zero-order valence-electron chi connectivity index (χ0n) is 13.3. The number of rotatable bonds is 5. The van der Waals surface area contributed by atoms with Crippen LogP contribution in [0.2, 0.25) is 0 Å². The lowest BCUT2D eigenvalue weighted by Crippen LogP contribution is -2.26. The molecule has 0 aliphatic rings. The molecular formula is C17H21NO4. The summed E-state index contributed by atoms with van der Waals surface area (Å²) in [5.74, 6) is 0.301. The van der Waals surface area contributed by atoms with Crippen molar-refractivity contribution in [2.45, 2.75) is 46.4 Å². The zero-order chi connectivity index (χ0) is 16.3. The first-order valence-electron chi connectivity index (χ1n) is 7.36. The summed E-state index contributed by atoms with van der Waals surface area (Å²) in [7, 11) is 0. The minimum atomic E-state index is -0.420. The van der Waals surface area contributed by atoms with Crippen LogP contribution in [0.3, 0.4) is 0 Å². The standard InChI is InChI=1S/C17H21NO4/c1-11(2)21-14-5-6-15-13(9-14)7-8-18(17(15)20)10-16(19)22-12(3)4/h5-9,11-12H,10H2,1-4H3. The third-order valence-corrected chi connectivity index (χ3v) is 2.99. The molecule has 1 aromatic carbocycles. The van der Waals surface area contributed by atoms with Crippen molar-refractivity contribution in [1.82, 2.24) is 4.57 Å². The summed E-state index contributed by atoms with van der Waals surface area (Å²) >= 11 is 0. The Morgan fingerprint density at radius 1 is 1.14 bits per heavy atom. The Bertz CT molecular complexity index is 731. The van der Waals surface area contributed by atoms with Crippen molar-refractivity contribution < 1.29 is 14.3 Å². The van der Waals surface area contributed by atoms with Crippen LogP contribution in [0, 0.1) is 0 Å². The molecule has 1 heterocycles. The van der Waals surface area contributed by atoms with E-state index in [-0.39, 0.29) is 24.3 Å².